The molecule has 0 aliphatic carbocycles. The van der Waals surface area contributed by atoms with E-state index in [0.29, 0.717) is 11.1 Å². The van der Waals surface area contributed by atoms with Crippen LogP contribution in [0.5, 0.6) is 11.5 Å². The third-order valence-electron chi connectivity index (χ3n) is 5.23. The van der Waals surface area contributed by atoms with Crippen molar-refractivity contribution >= 4 is 45.0 Å². The molecule has 0 radical (unpaired) electrons. The zero-order chi connectivity index (χ0) is 28.2. The summed E-state index contributed by atoms with van der Waals surface area (Å²) in [6.45, 7) is -3.00. The van der Waals surface area contributed by atoms with E-state index in [-0.39, 0.29) is 38.7 Å². The SMILES string of the molecule is CNC(=O)N(c1ccc(S(=O)(=O)Nc2ccon2)cn1)c1cc(Cl)c(-c2cccc(OC(F)F)c2)cc1OC. The Balaban J connectivity index is 1.72. The normalized spacial score (nSPS) is 11.2. The Bertz CT molecular complexity index is 1570. The van der Waals surface area contributed by atoms with Gasteiger partial charge in [0.15, 0.2) is 5.82 Å². The van der Waals surface area contributed by atoms with Crippen LogP contribution in [0.1, 0.15) is 0 Å². The number of carbonyl (C=O) groups excluding carboxylic acids is 1. The first kappa shape index (κ1) is 27.6. The molecule has 204 valence electrons. The van der Waals surface area contributed by atoms with Crippen molar-refractivity contribution in [2.45, 2.75) is 11.5 Å². The van der Waals surface area contributed by atoms with Gasteiger partial charge in [0.2, 0.25) is 0 Å². The molecule has 39 heavy (non-hydrogen) atoms. The van der Waals surface area contributed by atoms with Gasteiger partial charge in [-0.25, -0.2) is 23.1 Å². The topological polar surface area (TPSA) is 136 Å². The number of hydrogen-bond donors (Lipinski definition) is 2. The molecule has 11 nitrogen and oxygen atoms in total. The Morgan fingerprint density at radius 1 is 1.15 bits per heavy atom. The van der Waals surface area contributed by atoms with Crippen LogP contribution < -0.4 is 24.4 Å². The van der Waals surface area contributed by atoms with Crippen LogP contribution in [-0.2, 0) is 10.0 Å². The minimum Gasteiger partial charge on any atom is -0.495 e. The van der Waals surface area contributed by atoms with Crippen LogP contribution in [-0.4, -0.2) is 45.4 Å². The number of anilines is 3. The average molecular weight is 580 g/mol. The van der Waals surface area contributed by atoms with Crippen molar-refractivity contribution in [3.05, 3.63) is 72.1 Å². The number of halogens is 3. The summed E-state index contributed by atoms with van der Waals surface area (Å²) in [5, 5.41) is 6.15. The van der Waals surface area contributed by atoms with Gasteiger partial charge in [0, 0.05) is 24.9 Å². The molecule has 0 unspecified atom stereocenters. The first-order valence-corrected chi connectivity index (χ1v) is 12.8. The molecule has 0 spiro atoms. The lowest BCUT2D eigenvalue weighted by Gasteiger charge is -2.24. The van der Waals surface area contributed by atoms with E-state index < -0.39 is 22.7 Å². The highest BCUT2D eigenvalue weighted by atomic mass is 35.5. The molecule has 2 amide bonds. The molecule has 0 saturated carbocycles. The van der Waals surface area contributed by atoms with Crippen molar-refractivity contribution in [1.29, 1.82) is 0 Å². The Kier molecular flexibility index (Phi) is 8.16. The molecule has 15 heteroatoms. The number of amides is 2. The average Bonchev–Trinajstić information content (AvgIpc) is 3.41. The predicted octanol–water partition coefficient (Wildman–Crippen LogP) is 5.28. The third kappa shape index (κ3) is 6.18. The van der Waals surface area contributed by atoms with E-state index in [0.717, 1.165) is 11.1 Å². The second kappa shape index (κ2) is 11.5. The third-order valence-corrected chi connectivity index (χ3v) is 6.89. The number of hydrogen-bond acceptors (Lipinski definition) is 8. The highest BCUT2D eigenvalue weighted by Crippen LogP contribution is 2.42. The van der Waals surface area contributed by atoms with Gasteiger partial charge in [0.1, 0.15) is 28.5 Å². The van der Waals surface area contributed by atoms with E-state index in [4.69, 9.17) is 16.3 Å². The smallest absolute Gasteiger partial charge is 0.387 e. The van der Waals surface area contributed by atoms with Gasteiger partial charge in [-0.2, -0.15) is 8.78 Å². The van der Waals surface area contributed by atoms with E-state index >= 15 is 0 Å². The number of rotatable bonds is 9. The zero-order valence-electron chi connectivity index (χ0n) is 20.3. The van der Waals surface area contributed by atoms with Crippen LogP contribution >= 0.6 is 11.6 Å². The lowest BCUT2D eigenvalue weighted by molar-refractivity contribution is -0.0498. The standard InChI is InChI=1S/C24H20ClF2N5O6S/c1-28-24(33)32(22-7-6-16(13-29-22)39(34,35)31-21-8-9-37-30-21)19-12-18(25)17(11-20(19)36-2)14-4-3-5-15(10-14)38-23(26)27/h3-13,23H,1-2H3,(H,28,33)(H,30,31). The molecule has 0 saturated heterocycles. The highest BCUT2D eigenvalue weighted by molar-refractivity contribution is 7.92. The lowest BCUT2D eigenvalue weighted by atomic mass is 10.0. The predicted molar refractivity (Wildman–Crippen MR) is 138 cm³/mol. The number of carbonyl (C=O) groups is 1. The number of alkyl halides is 2. The van der Waals surface area contributed by atoms with E-state index in [2.05, 4.69) is 29.4 Å². The molecule has 2 aromatic heterocycles. The molecule has 0 atom stereocenters. The van der Waals surface area contributed by atoms with Crippen LogP contribution in [0.3, 0.4) is 0 Å². The second-order valence-corrected chi connectivity index (χ2v) is 9.73. The summed E-state index contributed by atoms with van der Waals surface area (Å²) >= 11 is 6.56. The van der Waals surface area contributed by atoms with E-state index in [9.17, 15) is 22.0 Å². The molecular weight excluding hydrogens is 560 g/mol. The molecule has 2 aromatic carbocycles. The number of nitrogens with one attached hydrogen (secondary N) is 2. The Labute approximate surface area is 226 Å². The summed E-state index contributed by atoms with van der Waals surface area (Å²) < 4.78 is 67.4. The fourth-order valence-electron chi connectivity index (χ4n) is 3.52. The van der Waals surface area contributed by atoms with Gasteiger partial charge >= 0.3 is 12.6 Å². The van der Waals surface area contributed by atoms with E-state index in [1.807, 2.05) is 0 Å². The van der Waals surface area contributed by atoms with Gasteiger partial charge in [-0.15, -0.1) is 0 Å². The minimum absolute atomic E-state index is 0.0168. The van der Waals surface area contributed by atoms with Gasteiger partial charge in [-0.3, -0.25) is 4.72 Å². The number of ether oxygens (including phenoxy) is 2. The lowest BCUT2D eigenvalue weighted by Crippen LogP contribution is -2.35. The summed E-state index contributed by atoms with van der Waals surface area (Å²) in [4.78, 5) is 18.0. The van der Waals surface area contributed by atoms with Crippen LogP contribution in [0.4, 0.5) is 30.9 Å². The van der Waals surface area contributed by atoms with Crippen molar-refractivity contribution in [3.8, 4) is 22.6 Å². The maximum Gasteiger partial charge on any atom is 0.387 e. The summed E-state index contributed by atoms with van der Waals surface area (Å²) in [5.41, 5.74) is 1.05. The molecule has 4 aromatic rings. The first-order valence-electron chi connectivity index (χ1n) is 11.0. The van der Waals surface area contributed by atoms with Crippen molar-refractivity contribution in [3.63, 3.8) is 0 Å². The summed E-state index contributed by atoms with van der Waals surface area (Å²) in [5.74, 6) is 0.149. The van der Waals surface area contributed by atoms with E-state index in [1.165, 1.54) is 69.0 Å². The van der Waals surface area contributed by atoms with Crippen molar-refractivity contribution < 1.29 is 36.0 Å². The number of benzene rings is 2. The number of pyridine rings is 1. The Hall–Kier alpha value is -4.43. The molecule has 0 aliphatic rings. The van der Waals surface area contributed by atoms with Crippen molar-refractivity contribution in [2.24, 2.45) is 0 Å². The summed E-state index contributed by atoms with van der Waals surface area (Å²) in [7, 11) is -1.28. The van der Waals surface area contributed by atoms with E-state index in [1.54, 1.807) is 6.07 Å². The molecule has 0 fully saturated rings. The van der Waals surface area contributed by atoms with Crippen LogP contribution in [0.25, 0.3) is 11.1 Å². The van der Waals surface area contributed by atoms with Crippen LogP contribution in [0.15, 0.2) is 76.5 Å². The molecule has 2 N–H and O–H groups in total. The fourth-order valence-corrected chi connectivity index (χ4v) is 4.72. The Morgan fingerprint density at radius 3 is 2.56 bits per heavy atom. The quantitative estimate of drug-likeness (QED) is 0.273. The van der Waals surface area contributed by atoms with Gasteiger partial charge in [0.25, 0.3) is 10.0 Å². The second-order valence-electron chi connectivity index (χ2n) is 7.64. The minimum atomic E-state index is -4.04. The molecule has 4 rings (SSSR count). The highest BCUT2D eigenvalue weighted by Gasteiger charge is 2.25. The summed E-state index contributed by atoms with van der Waals surface area (Å²) in [6.07, 6.45) is 2.27. The zero-order valence-corrected chi connectivity index (χ0v) is 21.8. The molecular formula is C24H20ClF2N5O6S. The van der Waals surface area contributed by atoms with Crippen molar-refractivity contribution in [1.82, 2.24) is 15.5 Å². The van der Waals surface area contributed by atoms with Crippen LogP contribution in [0.2, 0.25) is 5.02 Å². The number of methoxy groups -OCH3 is 1. The number of sulfonamides is 1. The number of nitrogens with zero attached hydrogens (tertiary/aromatic N) is 3. The van der Waals surface area contributed by atoms with Gasteiger partial charge in [-0.1, -0.05) is 28.9 Å². The maximum absolute atomic E-state index is 12.9. The number of aromatic nitrogens is 2. The monoisotopic (exact) mass is 579 g/mol. The maximum atomic E-state index is 12.9. The Morgan fingerprint density at radius 2 is 1.95 bits per heavy atom. The fraction of sp³-hybridized carbons (Fsp3) is 0.125. The number of urea groups is 1. The molecule has 0 aliphatic heterocycles. The van der Waals surface area contributed by atoms with Gasteiger partial charge in [-0.05, 0) is 42.0 Å². The van der Waals surface area contributed by atoms with Crippen LogP contribution in [0, 0.1) is 0 Å². The van der Waals surface area contributed by atoms with Gasteiger partial charge < -0.3 is 19.3 Å². The molecule has 2 heterocycles. The largest absolute Gasteiger partial charge is 0.495 e. The summed E-state index contributed by atoms with van der Waals surface area (Å²) in [6, 6.07) is 12.1. The van der Waals surface area contributed by atoms with Crippen molar-refractivity contribution in [2.75, 3.05) is 23.8 Å². The first-order chi connectivity index (χ1) is 18.6. The van der Waals surface area contributed by atoms with Gasteiger partial charge in [0.05, 0.1) is 17.8 Å². The molecule has 0 bridgehead atoms.